The molecule has 3 rings (SSSR count). The Morgan fingerprint density at radius 3 is 2.59 bits per heavy atom. The monoisotopic (exact) mass is 541 g/mol. The molecule has 0 fully saturated rings. The molecule has 0 aliphatic rings. The standard InChI is InChI=1S/C21H18BrClFN3O4S/c1-31-18-8-6-13(22)9-19(18)32(29,30)27-17-10-14(7-5-12(17)11-25)26-21(28)20-15(23)3-2-4-16(20)24/h2-10,27H,11,25H2,1H3,(H,26,28). The second-order valence-electron chi connectivity index (χ2n) is 6.53. The first-order valence-corrected chi connectivity index (χ1v) is 11.8. The van der Waals surface area contributed by atoms with E-state index < -0.39 is 21.7 Å². The number of carbonyl (C=O) groups excluding carboxylic acids is 1. The quantitative estimate of drug-likeness (QED) is 0.399. The van der Waals surface area contributed by atoms with E-state index in [1.807, 2.05) is 0 Å². The highest BCUT2D eigenvalue weighted by Gasteiger charge is 2.22. The predicted octanol–water partition coefficient (Wildman–Crippen LogP) is 4.76. The van der Waals surface area contributed by atoms with Crippen LogP contribution in [-0.4, -0.2) is 21.4 Å². The van der Waals surface area contributed by atoms with Crippen molar-refractivity contribution >= 4 is 54.8 Å². The average molecular weight is 543 g/mol. The molecule has 0 atom stereocenters. The number of halogens is 3. The van der Waals surface area contributed by atoms with Gasteiger partial charge in [0.15, 0.2) is 0 Å². The Labute approximate surface area is 197 Å². The summed E-state index contributed by atoms with van der Waals surface area (Å²) in [5.41, 5.74) is 6.26. The highest BCUT2D eigenvalue weighted by Crippen LogP contribution is 2.31. The van der Waals surface area contributed by atoms with Crippen LogP contribution in [0.15, 0.2) is 64.0 Å². The van der Waals surface area contributed by atoms with Crippen molar-refractivity contribution in [2.45, 2.75) is 11.4 Å². The number of carbonyl (C=O) groups is 1. The van der Waals surface area contributed by atoms with Gasteiger partial charge in [0, 0.05) is 16.7 Å². The lowest BCUT2D eigenvalue weighted by Gasteiger charge is -2.16. The Bertz CT molecular complexity index is 1270. The minimum atomic E-state index is -4.08. The van der Waals surface area contributed by atoms with Gasteiger partial charge in [0.2, 0.25) is 0 Å². The van der Waals surface area contributed by atoms with Crippen molar-refractivity contribution in [1.29, 1.82) is 0 Å². The SMILES string of the molecule is COc1ccc(Br)cc1S(=O)(=O)Nc1cc(NC(=O)c2c(F)cccc2Cl)ccc1CN. The lowest BCUT2D eigenvalue weighted by Crippen LogP contribution is -2.18. The maximum atomic E-state index is 14.0. The Balaban J connectivity index is 1.95. The minimum Gasteiger partial charge on any atom is -0.495 e. The van der Waals surface area contributed by atoms with Crippen LogP contribution in [0, 0.1) is 5.82 Å². The fraction of sp³-hybridized carbons (Fsp3) is 0.0952. The molecule has 3 aromatic carbocycles. The van der Waals surface area contributed by atoms with Gasteiger partial charge in [0.25, 0.3) is 15.9 Å². The molecule has 4 N–H and O–H groups in total. The molecular formula is C21H18BrClFN3O4S. The smallest absolute Gasteiger partial charge is 0.265 e. The third kappa shape index (κ3) is 5.21. The maximum Gasteiger partial charge on any atom is 0.265 e. The summed E-state index contributed by atoms with van der Waals surface area (Å²) in [6.45, 7) is 0.0286. The Hall–Kier alpha value is -2.66. The number of ether oxygens (including phenoxy) is 1. The van der Waals surface area contributed by atoms with E-state index in [0.29, 0.717) is 10.0 Å². The largest absolute Gasteiger partial charge is 0.495 e. The fourth-order valence-corrected chi connectivity index (χ4v) is 4.95. The van der Waals surface area contributed by atoms with E-state index >= 15 is 0 Å². The number of anilines is 2. The lowest BCUT2D eigenvalue weighted by molar-refractivity contribution is 0.102. The van der Waals surface area contributed by atoms with E-state index in [-0.39, 0.29) is 39.2 Å². The first kappa shape index (κ1) is 24.0. The summed E-state index contributed by atoms with van der Waals surface area (Å²) < 4.78 is 48.3. The number of methoxy groups -OCH3 is 1. The highest BCUT2D eigenvalue weighted by atomic mass is 79.9. The zero-order valence-corrected chi connectivity index (χ0v) is 19.8. The summed E-state index contributed by atoms with van der Waals surface area (Å²) in [7, 11) is -2.72. The van der Waals surface area contributed by atoms with Crippen LogP contribution >= 0.6 is 27.5 Å². The van der Waals surface area contributed by atoms with Crippen molar-refractivity contribution in [3.8, 4) is 5.75 Å². The lowest BCUT2D eigenvalue weighted by atomic mass is 10.1. The molecule has 32 heavy (non-hydrogen) atoms. The maximum absolute atomic E-state index is 14.0. The van der Waals surface area contributed by atoms with Crippen LogP contribution in [0.5, 0.6) is 5.75 Å². The summed E-state index contributed by atoms with van der Waals surface area (Å²) in [5.74, 6) is -1.42. The zero-order chi connectivity index (χ0) is 23.5. The van der Waals surface area contributed by atoms with Gasteiger partial charge >= 0.3 is 0 Å². The molecule has 0 bridgehead atoms. The molecule has 7 nitrogen and oxygen atoms in total. The van der Waals surface area contributed by atoms with Gasteiger partial charge in [-0.2, -0.15) is 0 Å². The normalized spacial score (nSPS) is 11.2. The van der Waals surface area contributed by atoms with Crippen LogP contribution in [0.1, 0.15) is 15.9 Å². The molecule has 1 amide bonds. The topological polar surface area (TPSA) is 111 Å². The number of amides is 1. The van der Waals surface area contributed by atoms with Gasteiger partial charge in [-0.15, -0.1) is 0 Å². The first-order valence-electron chi connectivity index (χ1n) is 9.11. The Morgan fingerprint density at radius 2 is 1.94 bits per heavy atom. The molecule has 0 spiro atoms. The molecule has 168 valence electrons. The van der Waals surface area contributed by atoms with Crippen LogP contribution < -0.4 is 20.5 Å². The highest BCUT2D eigenvalue weighted by molar-refractivity contribution is 9.10. The van der Waals surface area contributed by atoms with Crippen molar-refractivity contribution < 1.29 is 22.3 Å². The summed E-state index contributed by atoms with van der Waals surface area (Å²) in [6.07, 6.45) is 0. The fourth-order valence-electron chi connectivity index (χ4n) is 2.90. The molecule has 11 heteroatoms. The number of benzene rings is 3. The molecule has 0 aliphatic heterocycles. The van der Waals surface area contributed by atoms with Crippen molar-refractivity contribution in [1.82, 2.24) is 0 Å². The zero-order valence-electron chi connectivity index (χ0n) is 16.7. The molecule has 3 aromatic rings. The average Bonchev–Trinajstić information content (AvgIpc) is 2.73. The molecule has 0 saturated carbocycles. The molecule has 0 radical (unpaired) electrons. The molecule has 0 heterocycles. The van der Waals surface area contributed by atoms with E-state index in [1.54, 1.807) is 12.1 Å². The molecule has 0 saturated heterocycles. The second kappa shape index (κ2) is 9.86. The summed E-state index contributed by atoms with van der Waals surface area (Å²) in [4.78, 5) is 12.4. The molecule has 0 unspecified atom stereocenters. The predicted molar refractivity (Wildman–Crippen MR) is 125 cm³/mol. The number of hydrogen-bond donors (Lipinski definition) is 3. The van der Waals surface area contributed by atoms with E-state index in [9.17, 15) is 17.6 Å². The van der Waals surface area contributed by atoms with Gasteiger partial charge in [-0.05, 0) is 48.0 Å². The van der Waals surface area contributed by atoms with Crippen molar-refractivity contribution in [3.05, 3.63) is 81.0 Å². The number of hydrogen-bond acceptors (Lipinski definition) is 5. The van der Waals surface area contributed by atoms with Gasteiger partial charge in [0.1, 0.15) is 16.5 Å². The van der Waals surface area contributed by atoms with Crippen LogP contribution in [0.3, 0.4) is 0 Å². The van der Waals surface area contributed by atoms with Crippen molar-refractivity contribution in [3.63, 3.8) is 0 Å². The van der Waals surface area contributed by atoms with Crippen LogP contribution in [0.4, 0.5) is 15.8 Å². The van der Waals surface area contributed by atoms with E-state index in [2.05, 4.69) is 26.0 Å². The molecule has 0 aromatic heterocycles. The number of nitrogens with one attached hydrogen (secondary N) is 2. The van der Waals surface area contributed by atoms with Crippen molar-refractivity contribution in [2.75, 3.05) is 17.1 Å². The van der Waals surface area contributed by atoms with Gasteiger partial charge in [-0.1, -0.05) is 39.7 Å². The summed E-state index contributed by atoms with van der Waals surface area (Å²) in [5, 5.41) is 2.47. The number of rotatable bonds is 7. The van der Waals surface area contributed by atoms with E-state index in [0.717, 1.165) is 6.07 Å². The van der Waals surface area contributed by atoms with Gasteiger partial charge in [0.05, 0.1) is 23.4 Å². The van der Waals surface area contributed by atoms with Crippen LogP contribution in [-0.2, 0) is 16.6 Å². The molecule has 0 aliphatic carbocycles. The van der Waals surface area contributed by atoms with Crippen LogP contribution in [0.2, 0.25) is 5.02 Å². The third-order valence-electron chi connectivity index (χ3n) is 4.44. The van der Waals surface area contributed by atoms with Gasteiger partial charge in [-0.25, -0.2) is 12.8 Å². The number of nitrogens with two attached hydrogens (primary N) is 1. The number of sulfonamides is 1. The Kier molecular flexibility index (Phi) is 7.40. The van der Waals surface area contributed by atoms with E-state index in [1.165, 1.54) is 43.5 Å². The third-order valence-corrected chi connectivity index (χ3v) is 6.63. The molecular weight excluding hydrogens is 525 g/mol. The van der Waals surface area contributed by atoms with Crippen LogP contribution in [0.25, 0.3) is 0 Å². The van der Waals surface area contributed by atoms with Gasteiger partial charge < -0.3 is 15.8 Å². The Morgan fingerprint density at radius 1 is 1.19 bits per heavy atom. The second-order valence-corrected chi connectivity index (χ2v) is 9.50. The van der Waals surface area contributed by atoms with E-state index in [4.69, 9.17) is 22.1 Å². The van der Waals surface area contributed by atoms with Gasteiger partial charge in [-0.3, -0.25) is 9.52 Å². The summed E-state index contributed by atoms with van der Waals surface area (Å²) >= 11 is 9.19. The van der Waals surface area contributed by atoms with Crippen molar-refractivity contribution in [2.24, 2.45) is 5.73 Å². The summed E-state index contributed by atoms with van der Waals surface area (Å²) in [6, 6.07) is 12.9. The first-order chi connectivity index (χ1) is 15.2. The minimum absolute atomic E-state index is 0.0286.